The molecule has 0 amide bonds. The summed E-state index contributed by atoms with van der Waals surface area (Å²) >= 11 is 0. The normalized spacial score (nSPS) is 12.3. The van der Waals surface area contributed by atoms with Crippen LogP contribution in [0.2, 0.25) is 0 Å². The molecule has 1 N–H and O–H groups in total. The monoisotopic (exact) mass is 621 g/mol. The Morgan fingerprint density at radius 1 is 0.500 bits per heavy atom. The highest BCUT2D eigenvalue weighted by molar-refractivity contribution is 5.70. The SMILES string of the molecule is CCCCCCC=CCCCCCCCC(=O)OCC(CO)OC(=O)CCCCCCCCCC=CCCCCCCCC. The van der Waals surface area contributed by atoms with Crippen LogP contribution in [0.5, 0.6) is 0 Å². The Kier molecular flexibility index (Phi) is 34.5. The molecule has 0 radical (unpaired) electrons. The first-order valence-corrected chi connectivity index (χ1v) is 18.9. The van der Waals surface area contributed by atoms with Crippen LogP contribution in [0, 0.1) is 0 Å². The molecule has 0 aromatic carbocycles. The van der Waals surface area contributed by atoms with E-state index >= 15 is 0 Å². The molecule has 0 aromatic rings. The van der Waals surface area contributed by atoms with E-state index in [4.69, 9.17) is 9.47 Å². The second kappa shape index (κ2) is 35.9. The average Bonchev–Trinajstić information content (AvgIpc) is 3.02. The highest BCUT2D eigenvalue weighted by atomic mass is 16.6. The van der Waals surface area contributed by atoms with Crippen molar-refractivity contribution in [3.63, 3.8) is 0 Å². The van der Waals surface area contributed by atoms with Gasteiger partial charge in [0, 0.05) is 12.8 Å². The van der Waals surface area contributed by atoms with Crippen LogP contribution < -0.4 is 0 Å². The fraction of sp³-hybridized carbons (Fsp3) is 0.846. The highest BCUT2D eigenvalue weighted by Crippen LogP contribution is 2.13. The summed E-state index contributed by atoms with van der Waals surface area (Å²) in [6, 6.07) is 0. The van der Waals surface area contributed by atoms with Gasteiger partial charge in [-0.05, 0) is 64.2 Å². The summed E-state index contributed by atoms with van der Waals surface area (Å²) in [5.41, 5.74) is 0. The van der Waals surface area contributed by atoms with E-state index in [1.807, 2.05) is 0 Å². The number of ether oxygens (including phenoxy) is 2. The first-order chi connectivity index (χ1) is 21.6. The minimum absolute atomic E-state index is 0.0694. The molecule has 1 unspecified atom stereocenters. The summed E-state index contributed by atoms with van der Waals surface area (Å²) in [6.07, 6.45) is 40.9. The molecular weight excluding hydrogens is 548 g/mol. The highest BCUT2D eigenvalue weighted by Gasteiger charge is 2.16. The zero-order valence-electron chi connectivity index (χ0n) is 29.2. The topological polar surface area (TPSA) is 72.8 Å². The molecule has 0 heterocycles. The van der Waals surface area contributed by atoms with Crippen LogP contribution in [0.3, 0.4) is 0 Å². The minimum atomic E-state index is -0.772. The van der Waals surface area contributed by atoms with Crippen molar-refractivity contribution in [2.45, 2.75) is 200 Å². The van der Waals surface area contributed by atoms with E-state index in [0.717, 1.165) is 44.9 Å². The predicted octanol–water partition coefficient (Wildman–Crippen LogP) is 11.5. The summed E-state index contributed by atoms with van der Waals surface area (Å²) in [7, 11) is 0. The summed E-state index contributed by atoms with van der Waals surface area (Å²) < 4.78 is 10.6. The van der Waals surface area contributed by atoms with Gasteiger partial charge in [-0.2, -0.15) is 0 Å². The third kappa shape index (κ3) is 33.3. The number of carbonyl (C=O) groups is 2. The lowest BCUT2D eigenvalue weighted by molar-refractivity contribution is -0.161. The van der Waals surface area contributed by atoms with Crippen LogP contribution in [0.4, 0.5) is 0 Å². The number of carbonyl (C=O) groups excluding carboxylic acids is 2. The van der Waals surface area contributed by atoms with Crippen LogP contribution in [0.1, 0.15) is 194 Å². The second-order valence-corrected chi connectivity index (χ2v) is 12.6. The van der Waals surface area contributed by atoms with Crippen molar-refractivity contribution in [3.8, 4) is 0 Å². The Labute approximate surface area is 273 Å². The molecule has 0 rings (SSSR count). The van der Waals surface area contributed by atoms with Crippen molar-refractivity contribution in [2.75, 3.05) is 13.2 Å². The number of unbranched alkanes of at least 4 members (excludes halogenated alkanes) is 22. The quantitative estimate of drug-likeness (QED) is 0.0440. The summed E-state index contributed by atoms with van der Waals surface area (Å²) in [5, 5.41) is 9.53. The van der Waals surface area contributed by atoms with Crippen molar-refractivity contribution in [1.82, 2.24) is 0 Å². The minimum Gasteiger partial charge on any atom is -0.462 e. The van der Waals surface area contributed by atoms with Gasteiger partial charge >= 0.3 is 11.9 Å². The number of allylic oxidation sites excluding steroid dienone is 4. The maximum atomic E-state index is 12.1. The van der Waals surface area contributed by atoms with Crippen LogP contribution in [0.25, 0.3) is 0 Å². The van der Waals surface area contributed by atoms with E-state index in [-0.39, 0.29) is 25.2 Å². The molecule has 258 valence electrons. The van der Waals surface area contributed by atoms with Gasteiger partial charge in [-0.15, -0.1) is 0 Å². The molecular formula is C39H72O5. The van der Waals surface area contributed by atoms with Gasteiger partial charge in [0.05, 0.1) is 6.61 Å². The number of hydrogen-bond acceptors (Lipinski definition) is 5. The fourth-order valence-electron chi connectivity index (χ4n) is 5.31. The van der Waals surface area contributed by atoms with Crippen molar-refractivity contribution < 1.29 is 24.2 Å². The van der Waals surface area contributed by atoms with E-state index < -0.39 is 6.10 Å². The van der Waals surface area contributed by atoms with Crippen LogP contribution >= 0.6 is 0 Å². The first kappa shape index (κ1) is 42.4. The van der Waals surface area contributed by atoms with Gasteiger partial charge in [-0.3, -0.25) is 9.59 Å². The van der Waals surface area contributed by atoms with Gasteiger partial charge in [0.15, 0.2) is 6.10 Å². The Hall–Kier alpha value is -1.62. The van der Waals surface area contributed by atoms with E-state index in [0.29, 0.717) is 12.8 Å². The maximum Gasteiger partial charge on any atom is 0.306 e. The molecule has 0 fully saturated rings. The van der Waals surface area contributed by atoms with Crippen molar-refractivity contribution in [3.05, 3.63) is 24.3 Å². The number of aliphatic hydroxyl groups is 1. The third-order valence-corrected chi connectivity index (χ3v) is 8.22. The summed E-state index contributed by atoms with van der Waals surface area (Å²) in [5.74, 6) is -0.603. The third-order valence-electron chi connectivity index (χ3n) is 8.22. The predicted molar refractivity (Wildman–Crippen MR) is 187 cm³/mol. The first-order valence-electron chi connectivity index (χ1n) is 18.9. The number of rotatable bonds is 34. The standard InChI is InChI=1S/C39H72O5/c1-3-5-7-9-11-13-15-17-18-19-20-22-24-26-28-30-32-34-39(42)44-37(35-40)36-43-38(41)33-31-29-27-25-23-21-16-14-12-10-8-6-4-2/h14,16-18,37,40H,3-13,15,19-36H2,1-2H3. The maximum absolute atomic E-state index is 12.1. The van der Waals surface area contributed by atoms with Gasteiger partial charge in [0.1, 0.15) is 6.61 Å². The molecule has 0 aromatic heterocycles. The lowest BCUT2D eigenvalue weighted by Crippen LogP contribution is -2.28. The molecule has 0 aliphatic carbocycles. The zero-order chi connectivity index (χ0) is 32.2. The Balaban J connectivity index is 3.56. The molecule has 0 aliphatic heterocycles. The molecule has 0 saturated heterocycles. The van der Waals surface area contributed by atoms with Gasteiger partial charge in [-0.25, -0.2) is 0 Å². The van der Waals surface area contributed by atoms with E-state index in [1.54, 1.807) is 0 Å². The zero-order valence-corrected chi connectivity index (χ0v) is 29.2. The lowest BCUT2D eigenvalue weighted by Gasteiger charge is -2.15. The average molecular weight is 621 g/mol. The molecule has 0 spiro atoms. The molecule has 5 heteroatoms. The number of esters is 2. The van der Waals surface area contributed by atoms with Crippen molar-refractivity contribution in [1.29, 1.82) is 0 Å². The Morgan fingerprint density at radius 2 is 0.841 bits per heavy atom. The molecule has 44 heavy (non-hydrogen) atoms. The van der Waals surface area contributed by atoms with Gasteiger partial charge in [0.25, 0.3) is 0 Å². The van der Waals surface area contributed by atoms with Gasteiger partial charge in [-0.1, -0.05) is 141 Å². The molecule has 5 nitrogen and oxygen atoms in total. The van der Waals surface area contributed by atoms with Crippen LogP contribution in [0.15, 0.2) is 24.3 Å². The van der Waals surface area contributed by atoms with Crippen LogP contribution in [-0.4, -0.2) is 36.4 Å². The van der Waals surface area contributed by atoms with Gasteiger partial charge in [0.2, 0.25) is 0 Å². The second-order valence-electron chi connectivity index (χ2n) is 12.6. The summed E-state index contributed by atoms with van der Waals surface area (Å²) in [4.78, 5) is 24.2. The van der Waals surface area contributed by atoms with Crippen molar-refractivity contribution in [2.24, 2.45) is 0 Å². The largest absolute Gasteiger partial charge is 0.462 e. The van der Waals surface area contributed by atoms with E-state index in [9.17, 15) is 14.7 Å². The number of aliphatic hydroxyl groups excluding tert-OH is 1. The van der Waals surface area contributed by atoms with Gasteiger partial charge < -0.3 is 14.6 Å². The lowest BCUT2D eigenvalue weighted by atomic mass is 10.1. The van der Waals surface area contributed by atoms with E-state index in [1.165, 1.54) is 122 Å². The smallest absolute Gasteiger partial charge is 0.306 e. The Morgan fingerprint density at radius 3 is 1.25 bits per heavy atom. The Bertz CT molecular complexity index is 671. The number of hydrogen-bond donors (Lipinski definition) is 1. The molecule has 0 bridgehead atoms. The molecule has 0 saturated carbocycles. The van der Waals surface area contributed by atoms with Crippen LogP contribution in [-0.2, 0) is 19.1 Å². The van der Waals surface area contributed by atoms with Crippen molar-refractivity contribution >= 4 is 11.9 Å². The van der Waals surface area contributed by atoms with E-state index in [2.05, 4.69) is 38.2 Å². The molecule has 0 aliphatic rings. The fourth-order valence-corrected chi connectivity index (χ4v) is 5.31. The molecule has 1 atom stereocenters. The summed E-state index contributed by atoms with van der Waals surface area (Å²) in [6.45, 7) is 4.11.